The first-order valence-corrected chi connectivity index (χ1v) is 9.91. The molecule has 1 fully saturated rings. The van der Waals surface area contributed by atoms with E-state index in [0.29, 0.717) is 17.4 Å². The summed E-state index contributed by atoms with van der Waals surface area (Å²) >= 11 is 0. The zero-order valence-corrected chi connectivity index (χ0v) is 16.8. The summed E-state index contributed by atoms with van der Waals surface area (Å²) in [6.45, 7) is 6.00. The molecule has 0 radical (unpaired) electrons. The molecule has 1 amide bonds. The van der Waals surface area contributed by atoms with Crippen molar-refractivity contribution >= 4 is 17.2 Å². The molecule has 1 aromatic carbocycles. The normalized spacial score (nSPS) is 13.8. The van der Waals surface area contributed by atoms with Crippen molar-refractivity contribution in [2.24, 2.45) is 0 Å². The van der Waals surface area contributed by atoms with Gasteiger partial charge in [0, 0.05) is 23.5 Å². The van der Waals surface area contributed by atoms with Gasteiger partial charge in [0.1, 0.15) is 12.0 Å². The molecule has 0 bridgehead atoms. The number of nitrogens with zero attached hydrogens (tertiary/aromatic N) is 4. The highest BCUT2D eigenvalue weighted by Crippen LogP contribution is 2.37. The maximum absolute atomic E-state index is 12.8. The number of nitrogens with one attached hydrogen (secondary N) is 1. The van der Waals surface area contributed by atoms with E-state index in [2.05, 4.69) is 31.6 Å². The molecule has 2 aromatic heterocycles. The third-order valence-corrected chi connectivity index (χ3v) is 4.86. The fourth-order valence-corrected chi connectivity index (χ4v) is 3.13. The SMILES string of the molecule is C=C(C=CC=CC)c1ccnc(C(=O)Nc2cccc(-c3nncn3C3CC3)c2)c1. The standard InChI is InChI=1S/C24H23N5O/c1-3-4-5-7-17(2)18-12-13-25-22(15-18)24(30)27-20-9-6-8-19(14-20)23-28-26-16-29(23)21-10-11-21/h3-9,12-16,21H,2,10-11H2,1H3,(H,27,30). The van der Waals surface area contributed by atoms with Crippen molar-refractivity contribution in [1.29, 1.82) is 0 Å². The van der Waals surface area contributed by atoms with Gasteiger partial charge in [-0.15, -0.1) is 10.2 Å². The molecule has 0 aliphatic heterocycles. The Kier molecular flexibility index (Phi) is 5.66. The molecule has 6 heteroatoms. The summed E-state index contributed by atoms with van der Waals surface area (Å²) < 4.78 is 2.10. The van der Waals surface area contributed by atoms with Crippen LogP contribution in [0.15, 0.2) is 79.8 Å². The van der Waals surface area contributed by atoms with Crippen molar-refractivity contribution in [2.75, 3.05) is 5.32 Å². The molecule has 1 aliphatic carbocycles. The Labute approximate surface area is 175 Å². The van der Waals surface area contributed by atoms with Gasteiger partial charge in [0.15, 0.2) is 5.82 Å². The number of rotatable bonds is 7. The second-order valence-electron chi connectivity index (χ2n) is 7.17. The first-order valence-electron chi connectivity index (χ1n) is 9.91. The highest BCUT2D eigenvalue weighted by molar-refractivity contribution is 6.03. The number of anilines is 1. The lowest BCUT2D eigenvalue weighted by Gasteiger charge is -2.09. The fraction of sp³-hybridized carbons (Fsp3) is 0.167. The van der Waals surface area contributed by atoms with E-state index in [1.807, 2.05) is 61.6 Å². The molecule has 0 unspecified atom stereocenters. The van der Waals surface area contributed by atoms with E-state index in [4.69, 9.17) is 0 Å². The smallest absolute Gasteiger partial charge is 0.274 e. The minimum absolute atomic E-state index is 0.275. The lowest BCUT2D eigenvalue weighted by atomic mass is 10.1. The summed E-state index contributed by atoms with van der Waals surface area (Å²) in [5.74, 6) is 0.542. The molecule has 30 heavy (non-hydrogen) atoms. The molecule has 1 aliphatic rings. The summed E-state index contributed by atoms with van der Waals surface area (Å²) in [4.78, 5) is 17.0. The molecule has 6 nitrogen and oxygen atoms in total. The molecule has 3 aromatic rings. The van der Waals surface area contributed by atoms with Crippen molar-refractivity contribution in [1.82, 2.24) is 19.7 Å². The zero-order valence-electron chi connectivity index (χ0n) is 16.8. The minimum Gasteiger partial charge on any atom is -0.321 e. The lowest BCUT2D eigenvalue weighted by molar-refractivity contribution is 0.102. The van der Waals surface area contributed by atoms with E-state index in [1.165, 1.54) is 0 Å². The number of amides is 1. The van der Waals surface area contributed by atoms with E-state index in [-0.39, 0.29) is 5.91 Å². The maximum Gasteiger partial charge on any atom is 0.274 e. The molecule has 1 saturated carbocycles. The van der Waals surface area contributed by atoms with Crippen molar-refractivity contribution in [2.45, 2.75) is 25.8 Å². The second kappa shape index (κ2) is 8.69. The third kappa shape index (κ3) is 4.43. The van der Waals surface area contributed by atoms with Crippen molar-refractivity contribution in [3.8, 4) is 11.4 Å². The number of hydrogen-bond acceptors (Lipinski definition) is 4. The first-order chi connectivity index (χ1) is 14.7. The van der Waals surface area contributed by atoms with Gasteiger partial charge in [-0.3, -0.25) is 9.78 Å². The molecule has 0 saturated heterocycles. The lowest BCUT2D eigenvalue weighted by Crippen LogP contribution is -2.14. The van der Waals surface area contributed by atoms with Crippen LogP contribution in [0, 0.1) is 0 Å². The van der Waals surface area contributed by atoms with Gasteiger partial charge in [-0.1, -0.05) is 43.0 Å². The predicted octanol–water partition coefficient (Wildman–Crippen LogP) is 5.07. The number of allylic oxidation sites excluding steroid dienone is 5. The second-order valence-corrected chi connectivity index (χ2v) is 7.17. The summed E-state index contributed by atoms with van der Waals surface area (Å²) in [6, 6.07) is 11.7. The Balaban J connectivity index is 1.51. The molecular formula is C24H23N5O. The van der Waals surface area contributed by atoms with Gasteiger partial charge in [-0.2, -0.15) is 0 Å². The van der Waals surface area contributed by atoms with Gasteiger partial charge in [0.05, 0.1) is 0 Å². The Morgan fingerprint density at radius 3 is 2.90 bits per heavy atom. The van der Waals surface area contributed by atoms with Crippen molar-refractivity contribution in [3.63, 3.8) is 0 Å². The van der Waals surface area contributed by atoms with Crippen LogP contribution in [0.3, 0.4) is 0 Å². The average Bonchev–Trinajstić information content (AvgIpc) is 3.50. The molecular weight excluding hydrogens is 374 g/mol. The van der Waals surface area contributed by atoms with E-state index >= 15 is 0 Å². The van der Waals surface area contributed by atoms with E-state index in [0.717, 1.165) is 35.4 Å². The van der Waals surface area contributed by atoms with Crippen LogP contribution in [-0.4, -0.2) is 25.7 Å². The topological polar surface area (TPSA) is 72.7 Å². The highest BCUT2D eigenvalue weighted by Gasteiger charge is 2.26. The van der Waals surface area contributed by atoms with Crippen LogP contribution in [0.2, 0.25) is 0 Å². The summed E-state index contributed by atoms with van der Waals surface area (Å²) in [7, 11) is 0. The van der Waals surface area contributed by atoms with Gasteiger partial charge in [-0.25, -0.2) is 0 Å². The summed E-state index contributed by atoms with van der Waals surface area (Å²) in [5, 5.41) is 11.2. The van der Waals surface area contributed by atoms with Crippen LogP contribution >= 0.6 is 0 Å². The van der Waals surface area contributed by atoms with Crippen molar-refractivity contribution in [3.05, 3.63) is 91.1 Å². The van der Waals surface area contributed by atoms with Crippen LogP contribution in [-0.2, 0) is 0 Å². The van der Waals surface area contributed by atoms with Crippen LogP contribution < -0.4 is 5.32 Å². The average molecular weight is 397 g/mol. The van der Waals surface area contributed by atoms with Crippen LogP contribution in [0.1, 0.15) is 41.9 Å². The number of aromatic nitrogens is 4. The maximum atomic E-state index is 12.8. The van der Waals surface area contributed by atoms with Gasteiger partial charge in [0.2, 0.25) is 0 Å². The molecule has 150 valence electrons. The molecule has 0 spiro atoms. The predicted molar refractivity (Wildman–Crippen MR) is 119 cm³/mol. The van der Waals surface area contributed by atoms with Gasteiger partial charge in [-0.05, 0) is 55.2 Å². The zero-order chi connectivity index (χ0) is 20.9. The first kappa shape index (κ1) is 19.5. The Bertz CT molecular complexity index is 1140. The van der Waals surface area contributed by atoms with E-state index in [9.17, 15) is 4.79 Å². The monoisotopic (exact) mass is 397 g/mol. The third-order valence-electron chi connectivity index (χ3n) is 4.86. The number of hydrogen-bond donors (Lipinski definition) is 1. The van der Waals surface area contributed by atoms with Crippen molar-refractivity contribution < 1.29 is 4.79 Å². The van der Waals surface area contributed by atoms with Crippen LogP contribution in [0.4, 0.5) is 5.69 Å². The Morgan fingerprint density at radius 1 is 1.23 bits per heavy atom. The molecule has 1 N–H and O–H groups in total. The molecule has 2 heterocycles. The Hall–Kier alpha value is -3.80. The number of carbonyl (C=O) groups excluding carboxylic acids is 1. The van der Waals surface area contributed by atoms with Gasteiger partial charge < -0.3 is 9.88 Å². The van der Waals surface area contributed by atoms with E-state index < -0.39 is 0 Å². The van der Waals surface area contributed by atoms with E-state index in [1.54, 1.807) is 18.6 Å². The number of carbonyl (C=O) groups is 1. The molecule has 0 atom stereocenters. The summed E-state index contributed by atoms with van der Waals surface area (Å²) in [5.41, 5.74) is 3.59. The molecule has 4 rings (SSSR count). The van der Waals surface area contributed by atoms with Crippen LogP contribution in [0.5, 0.6) is 0 Å². The quantitative estimate of drug-likeness (QED) is 0.565. The highest BCUT2D eigenvalue weighted by atomic mass is 16.1. The minimum atomic E-state index is -0.275. The summed E-state index contributed by atoms with van der Waals surface area (Å²) in [6.07, 6.45) is 13.4. The largest absolute Gasteiger partial charge is 0.321 e. The van der Waals surface area contributed by atoms with Gasteiger partial charge in [0.25, 0.3) is 5.91 Å². The number of benzene rings is 1. The Morgan fingerprint density at radius 2 is 2.10 bits per heavy atom. The fourth-order valence-electron chi connectivity index (χ4n) is 3.13. The van der Waals surface area contributed by atoms with Gasteiger partial charge >= 0.3 is 0 Å². The van der Waals surface area contributed by atoms with Crippen LogP contribution in [0.25, 0.3) is 17.0 Å². The number of pyridine rings is 1.